The van der Waals surface area contributed by atoms with Gasteiger partial charge in [-0.05, 0) is 37.0 Å². The smallest absolute Gasteiger partial charge is 0.0992 e. The van der Waals surface area contributed by atoms with Gasteiger partial charge < -0.3 is 11.1 Å². The van der Waals surface area contributed by atoms with Crippen LogP contribution in [-0.4, -0.2) is 6.54 Å². The predicted molar refractivity (Wildman–Crippen MR) is 56.8 cm³/mol. The van der Waals surface area contributed by atoms with E-state index in [0.717, 1.165) is 18.2 Å². The topological polar surface area (TPSA) is 61.8 Å². The minimum atomic E-state index is 0.650. The van der Waals surface area contributed by atoms with E-state index in [1.54, 1.807) is 18.2 Å². The van der Waals surface area contributed by atoms with E-state index < -0.39 is 0 Å². The fourth-order valence-corrected chi connectivity index (χ4v) is 1.36. The number of anilines is 2. The third-order valence-electron chi connectivity index (χ3n) is 2.46. The molecule has 0 amide bonds. The molecule has 1 fully saturated rings. The Labute approximate surface area is 83.5 Å². The van der Waals surface area contributed by atoms with Crippen molar-refractivity contribution >= 4 is 11.4 Å². The van der Waals surface area contributed by atoms with Crippen LogP contribution in [0.15, 0.2) is 18.2 Å². The van der Waals surface area contributed by atoms with Crippen molar-refractivity contribution in [2.75, 3.05) is 17.6 Å². The molecule has 1 aliphatic rings. The van der Waals surface area contributed by atoms with Gasteiger partial charge in [0.2, 0.25) is 0 Å². The summed E-state index contributed by atoms with van der Waals surface area (Å²) in [6.07, 6.45) is 2.62. The fraction of sp³-hybridized carbons (Fsp3) is 0.364. The van der Waals surface area contributed by atoms with Gasteiger partial charge in [-0.15, -0.1) is 0 Å². The summed E-state index contributed by atoms with van der Waals surface area (Å²) in [4.78, 5) is 0. The Hall–Kier alpha value is -1.69. The largest absolute Gasteiger partial charge is 0.397 e. The number of nitriles is 1. The molecule has 3 heteroatoms. The molecule has 0 saturated heterocycles. The fourth-order valence-electron chi connectivity index (χ4n) is 1.36. The van der Waals surface area contributed by atoms with Crippen LogP contribution in [0.3, 0.4) is 0 Å². The summed E-state index contributed by atoms with van der Waals surface area (Å²) >= 11 is 0. The minimum absolute atomic E-state index is 0.650. The van der Waals surface area contributed by atoms with Crippen LogP contribution in [0.4, 0.5) is 11.4 Å². The van der Waals surface area contributed by atoms with Crippen molar-refractivity contribution in [2.24, 2.45) is 5.92 Å². The number of hydrogen-bond acceptors (Lipinski definition) is 3. The van der Waals surface area contributed by atoms with Crippen LogP contribution in [-0.2, 0) is 0 Å². The third-order valence-corrected chi connectivity index (χ3v) is 2.46. The molecular weight excluding hydrogens is 174 g/mol. The number of nitrogens with two attached hydrogens (primary N) is 1. The highest BCUT2D eigenvalue weighted by Crippen LogP contribution is 2.30. The van der Waals surface area contributed by atoms with Gasteiger partial charge in [-0.1, -0.05) is 0 Å². The average Bonchev–Trinajstić information content (AvgIpc) is 3.00. The molecule has 0 bridgehead atoms. The molecule has 0 atom stereocenters. The van der Waals surface area contributed by atoms with Gasteiger partial charge in [0.05, 0.1) is 23.0 Å². The number of rotatable bonds is 3. The second-order valence-electron chi connectivity index (χ2n) is 3.74. The summed E-state index contributed by atoms with van der Waals surface area (Å²) in [6, 6.07) is 7.41. The normalized spacial score (nSPS) is 14.8. The highest BCUT2D eigenvalue weighted by Gasteiger charge is 2.20. The molecule has 1 saturated carbocycles. The van der Waals surface area contributed by atoms with Gasteiger partial charge >= 0.3 is 0 Å². The molecule has 1 aromatic carbocycles. The first-order valence-corrected chi connectivity index (χ1v) is 4.83. The van der Waals surface area contributed by atoms with Crippen LogP contribution in [0, 0.1) is 17.2 Å². The Morgan fingerprint density at radius 2 is 2.29 bits per heavy atom. The lowest BCUT2D eigenvalue weighted by molar-refractivity contribution is 0.890. The van der Waals surface area contributed by atoms with E-state index >= 15 is 0 Å². The van der Waals surface area contributed by atoms with Gasteiger partial charge in [0.25, 0.3) is 0 Å². The van der Waals surface area contributed by atoms with E-state index in [1.165, 1.54) is 12.8 Å². The zero-order valence-electron chi connectivity index (χ0n) is 7.96. The van der Waals surface area contributed by atoms with Crippen molar-refractivity contribution in [1.29, 1.82) is 5.26 Å². The highest BCUT2D eigenvalue weighted by molar-refractivity contribution is 5.68. The summed E-state index contributed by atoms with van der Waals surface area (Å²) in [5.41, 5.74) is 8.03. The van der Waals surface area contributed by atoms with Crippen LogP contribution < -0.4 is 11.1 Å². The minimum Gasteiger partial charge on any atom is -0.397 e. The number of hydrogen-bond donors (Lipinski definition) is 2. The lowest BCUT2D eigenvalue weighted by Gasteiger charge is -2.08. The molecular formula is C11H13N3. The molecule has 1 aromatic rings. The van der Waals surface area contributed by atoms with Gasteiger partial charge in [-0.2, -0.15) is 5.26 Å². The molecule has 3 nitrogen and oxygen atoms in total. The monoisotopic (exact) mass is 187 g/mol. The third kappa shape index (κ3) is 1.97. The predicted octanol–water partition coefficient (Wildman–Crippen LogP) is 1.96. The number of nitrogens with zero attached hydrogens (tertiary/aromatic N) is 1. The number of nitrogens with one attached hydrogen (secondary N) is 1. The summed E-state index contributed by atoms with van der Waals surface area (Å²) in [7, 11) is 0. The Morgan fingerprint density at radius 3 is 2.93 bits per heavy atom. The van der Waals surface area contributed by atoms with E-state index in [1.807, 2.05) is 0 Å². The lowest BCUT2D eigenvalue weighted by Crippen LogP contribution is -2.05. The summed E-state index contributed by atoms with van der Waals surface area (Å²) in [5, 5.41) is 12.0. The first kappa shape index (κ1) is 8.89. The highest BCUT2D eigenvalue weighted by atomic mass is 14.9. The van der Waals surface area contributed by atoms with Gasteiger partial charge in [0.1, 0.15) is 0 Å². The standard InChI is InChI=1S/C11H13N3/c12-6-9-3-4-10(13)11(5-9)14-7-8-1-2-8/h3-5,8,14H,1-2,7,13H2. The summed E-state index contributed by atoms with van der Waals surface area (Å²) < 4.78 is 0. The molecule has 0 spiro atoms. The maximum Gasteiger partial charge on any atom is 0.0992 e. The molecule has 72 valence electrons. The van der Waals surface area contributed by atoms with E-state index in [0.29, 0.717) is 11.3 Å². The molecule has 14 heavy (non-hydrogen) atoms. The maximum atomic E-state index is 8.72. The van der Waals surface area contributed by atoms with Crippen molar-refractivity contribution in [3.05, 3.63) is 23.8 Å². The SMILES string of the molecule is N#Cc1ccc(N)c(NCC2CC2)c1. The second kappa shape index (κ2) is 3.59. The molecule has 0 aliphatic heterocycles. The molecule has 3 N–H and O–H groups in total. The maximum absolute atomic E-state index is 8.72. The Morgan fingerprint density at radius 1 is 1.50 bits per heavy atom. The van der Waals surface area contributed by atoms with Crippen LogP contribution in [0.1, 0.15) is 18.4 Å². The molecule has 0 radical (unpaired) electrons. The average molecular weight is 187 g/mol. The van der Waals surface area contributed by atoms with Gasteiger partial charge in [-0.3, -0.25) is 0 Å². The Kier molecular flexibility index (Phi) is 2.28. The van der Waals surface area contributed by atoms with E-state index in [4.69, 9.17) is 11.0 Å². The zero-order valence-corrected chi connectivity index (χ0v) is 7.96. The first-order valence-electron chi connectivity index (χ1n) is 4.83. The van der Waals surface area contributed by atoms with Gasteiger partial charge in [-0.25, -0.2) is 0 Å². The van der Waals surface area contributed by atoms with Crippen molar-refractivity contribution in [1.82, 2.24) is 0 Å². The second-order valence-corrected chi connectivity index (χ2v) is 3.74. The number of nitrogen functional groups attached to an aromatic ring is 1. The van der Waals surface area contributed by atoms with Crippen LogP contribution in [0.5, 0.6) is 0 Å². The van der Waals surface area contributed by atoms with Crippen LogP contribution in [0.25, 0.3) is 0 Å². The van der Waals surface area contributed by atoms with Crippen molar-refractivity contribution in [3.63, 3.8) is 0 Å². The van der Waals surface area contributed by atoms with E-state index in [-0.39, 0.29) is 0 Å². The molecule has 2 rings (SSSR count). The van der Waals surface area contributed by atoms with Crippen molar-refractivity contribution in [3.8, 4) is 6.07 Å². The lowest BCUT2D eigenvalue weighted by atomic mass is 10.2. The zero-order chi connectivity index (χ0) is 9.97. The Bertz CT molecular complexity index is 375. The number of benzene rings is 1. The molecule has 1 aliphatic carbocycles. The molecule has 0 unspecified atom stereocenters. The first-order chi connectivity index (χ1) is 6.79. The van der Waals surface area contributed by atoms with Crippen molar-refractivity contribution in [2.45, 2.75) is 12.8 Å². The molecule has 0 aromatic heterocycles. The summed E-state index contributed by atoms with van der Waals surface area (Å²) in [5.74, 6) is 0.806. The van der Waals surface area contributed by atoms with Crippen LogP contribution >= 0.6 is 0 Å². The van der Waals surface area contributed by atoms with Crippen LogP contribution in [0.2, 0.25) is 0 Å². The van der Waals surface area contributed by atoms with E-state index in [2.05, 4.69) is 11.4 Å². The summed E-state index contributed by atoms with van der Waals surface area (Å²) in [6.45, 7) is 0.971. The van der Waals surface area contributed by atoms with Gasteiger partial charge in [0, 0.05) is 6.54 Å². The van der Waals surface area contributed by atoms with Gasteiger partial charge in [0.15, 0.2) is 0 Å². The Balaban J connectivity index is 2.09. The van der Waals surface area contributed by atoms with Crippen molar-refractivity contribution < 1.29 is 0 Å². The quantitative estimate of drug-likeness (QED) is 0.711. The van der Waals surface area contributed by atoms with E-state index in [9.17, 15) is 0 Å². The molecule has 0 heterocycles.